The van der Waals surface area contributed by atoms with E-state index in [0.717, 1.165) is 48.7 Å². The van der Waals surface area contributed by atoms with Crippen LogP contribution in [0.15, 0.2) is 30.3 Å². The summed E-state index contributed by atoms with van der Waals surface area (Å²) in [5, 5.41) is 6.64. The van der Waals surface area contributed by atoms with Crippen LogP contribution in [0.1, 0.15) is 36.0 Å². The van der Waals surface area contributed by atoms with Gasteiger partial charge in [0, 0.05) is 25.6 Å². The fourth-order valence-electron chi connectivity index (χ4n) is 3.67. The summed E-state index contributed by atoms with van der Waals surface area (Å²) >= 11 is 0. The SMILES string of the molecule is CNc1nc(C2CCCN2)nc2c1CN(C(=O)COc1ccccc1)CC2. The molecular formula is C20H25N5O2. The van der Waals surface area contributed by atoms with Gasteiger partial charge in [0.15, 0.2) is 6.61 Å². The van der Waals surface area contributed by atoms with Crippen molar-refractivity contribution in [3.63, 3.8) is 0 Å². The number of anilines is 1. The number of amides is 1. The van der Waals surface area contributed by atoms with Crippen LogP contribution in [0.5, 0.6) is 5.75 Å². The largest absolute Gasteiger partial charge is 0.484 e. The molecule has 1 fully saturated rings. The van der Waals surface area contributed by atoms with Gasteiger partial charge >= 0.3 is 0 Å². The first-order chi connectivity index (χ1) is 13.2. The second kappa shape index (κ2) is 7.92. The lowest BCUT2D eigenvalue weighted by molar-refractivity contribution is -0.134. The minimum atomic E-state index is -0.0203. The molecule has 1 amide bonds. The number of fused-ring (bicyclic) bond motifs is 1. The maximum atomic E-state index is 12.6. The van der Waals surface area contributed by atoms with Gasteiger partial charge in [-0.05, 0) is 31.5 Å². The third-order valence-electron chi connectivity index (χ3n) is 5.14. The minimum Gasteiger partial charge on any atom is -0.484 e. The Morgan fingerprint density at radius 3 is 2.93 bits per heavy atom. The van der Waals surface area contributed by atoms with Gasteiger partial charge in [0.2, 0.25) is 0 Å². The Morgan fingerprint density at radius 1 is 1.33 bits per heavy atom. The number of nitrogens with zero attached hydrogens (tertiary/aromatic N) is 3. The second-order valence-electron chi connectivity index (χ2n) is 6.92. The topological polar surface area (TPSA) is 79.4 Å². The summed E-state index contributed by atoms with van der Waals surface area (Å²) in [6.07, 6.45) is 2.97. The van der Waals surface area contributed by atoms with Gasteiger partial charge in [0.05, 0.1) is 18.3 Å². The van der Waals surface area contributed by atoms with Gasteiger partial charge in [-0.15, -0.1) is 0 Å². The van der Waals surface area contributed by atoms with Crippen molar-refractivity contribution in [2.24, 2.45) is 0 Å². The molecular weight excluding hydrogens is 342 g/mol. The molecule has 0 saturated carbocycles. The molecule has 0 aliphatic carbocycles. The summed E-state index contributed by atoms with van der Waals surface area (Å²) in [5.74, 6) is 2.37. The van der Waals surface area contributed by atoms with Crippen LogP contribution in [0.3, 0.4) is 0 Å². The van der Waals surface area contributed by atoms with E-state index in [0.29, 0.717) is 18.8 Å². The van der Waals surface area contributed by atoms with Gasteiger partial charge in [0.25, 0.3) is 5.91 Å². The third-order valence-corrected chi connectivity index (χ3v) is 5.14. The summed E-state index contributed by atoms with van der Waals surface area (Å²) in [4.78, 5) is 23.9. The first-order valence-electron chi connectivity index (χ1n) is 9.51. The molecule has 0 radical (unpaired) electrons. The number of para-hydroxylation sites is 1. The molecule has 0 spiro atoms. The van der Waals surface area contributed by atoms with Crippen LogP contribution in [0.4, 0.5) is 5.82 Å². The molecule has 1 aromatic heterocycles. The van der Waals surface area contributed by atoms with Crippen molar-refractivity contribution in [3.8, 4) is 5.75 Å². The molecule has 1 aromatic carbocycles. The summed E-state index contributed by atoms with van der Waals surface area (Å²) < 4.78 is 5.61. The van der Waals surface area contributed by atoms with Crippen LogP contribution in [-0.4, -0.2) is 47.5 Å². The van der Waals surface area contributed by atoms with E-state index >= 15 is 0 Å². The second-order valence-corrected chi connectivity index (χ2v) is 6.92. The highest BCUT2D eigenvalue weighted by Gasteiger charge is 2.28. The van der Waals surface area contributed by atoms with Crippen molar-refractivity contribution in [2.45, 2.75) is 31.8 Å². The first-order valence-corrected chi connectivity index (χ1v) is 9.51. The Kier molecular flexibility index (Phi) is 5.20. The molecule has 1 atom stereocenters. The Labute approximate surface area is 159 Å². The normalized spacial score (nSPS) is 18.9. The van der Waals surface area contributed by atoms with Crippen LogP contribution in [-0.2, 0) is 17.8 Å². The van der Waals surface area contributed by atoms with Gasteiger partial charge in [-0.1, -0.05) is 18.2 Å². The van der Waals surface area contributed by atoms with Crippen LogP contribution in [0, 0.1) is 0 Å². The van der Waals surface area contributed by atoms with E-state index in [1.807, 2.05) is 42.3 Å². The van der Waals surface area contributed by atoms with E-state index in [-0.39, 0.29) is 18.6 Å². The lowest BCUT2D eigenvalue weighted by Gasteiger charge is -2.30. The van der Waals surface area contributed by atoms with Crippen LogP contribution >= 0.6 is 0 Å². The van der Waals surface area contributed by atoms with E-state index in [1.165, 1.54) is 0 Å². The highest BCUT2D eigenvalue weighted by atomic mass is 16.5. The maximum Gasteiger partial charge on any atom is 0.260 e. The molecule has 0 bridgehead atoms. The quantitative estimate of drug-likeness (QED) is 0.840. The van der Waals surface area contributed by atoms with Crippen molar-refractivity contribution in [1.29, 1.82) is 0 Å². The average Bonchev–Trinajstić information content (AvgIpc) is 3.26. The zero-order chi connectivity index (χ0) is 18.6. The summed E-state index contributed by atoms with van der Waals surface area (Å²) in [6.45, 7) is 2.23. The van der Waals surface area contributed by atoms with Crippen LogP contribution < -0.4 is 15.4 Å². The van der Waals surface area contributed by atoms with E-state index in [4.69, 9.17) is 14.7 Å². The molecule has 1 unspecified atom stereocenters. The predicted molar refractivity (Wildman–Crippen MR) is 103 cm³/mol. The third kappa shape index (κ3) is 3.88. The van der Waals surface area contributed by atoms with E-state index < -0.39 is 0 Å². The maximum absolute atomic E-state index is 12.6. The lowest BCUT2D eigenvalue weighted by atomic mass is 10.0. The zero-order valence-electron chi connectivity index (χ0n) is 15.6. The van der Waals surface area contributed by atoms with Gasteiger partial charge in [-0.2, -0.15) is 0 Å². The van der Waals surface area contributed by atoms with Crippen molar-refractivity contribution >= 4 is 11.7 Å². The van der Waals surface area contributed by atoms with E-state index in [2.05, 4.69) is 10.6 Å². The molecule has 7 nitrogen and oxygen atoms in total. The van der Waals surface area contributed by atoms with Crippen molar-refractivity contribution in [3.05, 3.63) is 47.4 Å². The highest BCUT2D eigenvalue weighted by Crippen LogP contribution is 2.28. The average molecular weight is 367 g/mol. The molecule has 1 saturated heterocycles. The minimum absolute atomic E-state index is 0.0203. The number of hydrogen-bond donors (Lipinski definition) is 2. The number of carbonyl (C=O) groups excluding carboxylic acids is 1. The first kappa shape index (κ1) is 17.7. The number of carbonyl (C=O) groups is 1. The zero-order valence-corrected chi connectivity index (χ0v) is 15.6. The molecule has 142 valence electrons. The molecule has 2 N–H and O–H groups in total. The molecule has 2 aliphatic rings. The number of hydrogen-bond acceptors (Lipinski definition) is 6. The standard InChI is InChI=1S/C20H25N5O2/c1-21-19-15-12-25(18(26)13-27-14-6-3-2-4-7-14)11-9-16(15)23-20(24-19)17-8-5-10-22-17/h2-4,6-7,17,22H,5,8-13H2,1H3,(H,21,23,24). The molecule has 7 heteroatoms. The number of benzene rings is 1. The van der Waals surface area contributed by atoms with Crippen molar-refractivity contribution in [2.75, 3.05) is 32.1 Å². The van der Waals surface area contributed by atoms with Gasteiger partial charge in [-0.3, -0.25) is 4.79 Å². The fraction of sp³-hybridized carbons (Fsp3) is 0.450. The molecule has 2 aliphatic heterocycles. The van der Waals surface area contributed by atoms with Crippen LogP contribution in [0.25, 0.3) is 0 Å². The van der Waals surface area contributed by atoms with Gasteiger partial charge in [0.1, 0.15) is 17.4 Å². The Balaban J connectivity index is 1.46. The number of aromatic nitrogens is 2. The van der Waals surface area contributed by atoms with Crippen molar-refractivity contribution in [1.82, 2.24) is 20.2 Å². The summed E-state index contributed by atoms with van der Waals surface area (Å²) in [5.41, 5.74) is 2.06. The predicted octanol–water partition coefficient (Wildman–Crippen LogP) is 1.91. The summed E-state index contributed by atoms with van der Waals surface area (Å²) in [7, 11) is 1.87. The van der Waals surface area contributed by atoms with Crippen LogP contribution in [0.2, 0.25) is 0 Å². The Morgan fingerprint density at radius 2 is 2.19 bits per heavy atom. The van der Waals surface area contributed by atoms with E-state index in [1.54, 1.807) is 0 Å². The number of nitrogens with one attached hydrogen (secondary N) is 2. The number of rotatable bonds is 5. The molecule has 27 heavy (non-hydrogen) atoms. The number of ether oxygens (including phenoxy) is 1. The smallest absolute Gasteiger partial charge is 0.260 e. The summed E-state index contributed by atoms with van der Waals surface area (Å²) in [6, 6.07) is 9.65. The van der Waals surface area contributed by atoms with Gasteiger partial charge in [-0.25, -0.2) is 9.97 Å². The monoisotopic (exact) mass is 367 g/mol. The van der Waals surface area contributed by atoms with E-state index in [9.17, 15) is 4.79 Å². The Hall–Kier alpha value is -2.67. The molecule has 3 heterocycles. The Bertz CT molecular complexity index is 788. The fourth-order valence-corrected chi connectivity index (χ4v) is 3.67. The molecule has 4 rings (SSSR count). The highest BCUT2D eigenvalue weighted by molar-refractivity contribution is 5.78. The van der Waals surface area contributed by atoms with Crippen molar-refractivity contribution < 1.29 is 9.53 Å². The molecule has 2 aromatic rings. The lowest BCUT2D eigenvalue weighted by Crippen LogP contribution is -2.39. The van der Waals surface area contributed by atoms with Gasteiger partial charge < -0.3 is 20.3 Å².